The van der Waals surface area contributed by atoms with Crippen molar-refractivity contribution in [2.45, 2.75) is 24.9 Å². The molecule has 3 nitrogen and oxygen atoms in total. The van der Waals surface area contributed by atoms with Crippen molar-refractivity contribution in [3.8, 4) is 0 Å². The number of thiophene rings is 1. The second-order valence-electron chi connectivity index (χ2n) is 5.21. The van der Waals surface area contributed by atoms with E-state index in [0.29, 0.717) is 11.4 Å². The molecule has 0 amide bonds. The fourth-order valence-electron chi connectivity index (χ4n) is 3.01. The molecular weight excluding hydrogens is 306 g/mol. The van der Waals surface area contributed by atoms with Crippen LogP contribution in [0.25, 0.3) is 0 Å². The van der Waals surface area contributed by atoms with Gasteiger partial charge in [-0.05, 0) is 42.0 Å². The standard InChI is InChI=1S/C16H16ClNO2S/c17-12-5-1-4-11(10-12)15(14-7-3-9-21-14)18-8-2-6-13(18)16(19)20/h1,3-5,7,9-10,13,15H,2,6,8H2,(H,19,20). The van der Waals surface area contributed by atoms with Gasteiger partial charge in [-0.1, -0.05) is 29.8 Å². The van der Waals surface area contributed by atoms with Gasteiger partial charge in [-0.15, -0.1) is 11.3 Å². The van der Waals surface area contributed by atoms with Crippen molar-refractivity contribution in [3.63, 3.8) is 0 Å². The molecule has 0 bridgehead atoms. The summed E-state index contributed by atoms with van der Waals surface area (Å²) in [5.74, 6) is -0.740. The molecule has 0 saturated carbocycles. The highest BCUT2D eigenvalue weighted by atomic mass is 35.5. The van der Waals surface area contributed by atoms with Crippen LogP contribution in [0.3, 0.4) is 0 Å². The summed E-state index contributed by atoms with van der Waals surface area (Å²) in [6, 6.07) is 11.3. The average molecular weight is 322 g/mol. The summed E-state index contributed by atoms with van der Waals surface area (Å²) in [5.41, 5.74) is 1.05. The third-order valence-electron chi connectivity index (χ3n) is 3.89. The highest BCUT2D eigenvalue weighted by Gasteiger charge is 2.37. The Morgan fingerprint density at radius 3 is 2.90 bits per heavy atom. The molecule has 110 valence electrons. The van der Waals surface area contributed by atoms with Gasteiger partial charge in [0.05, 0.1) is 6.04 Å². The average Bonchev–Trinajstić information content (AvgIpc) is 3.10. The van der Waals surface area contributed by atoms with Crippen molar-refractivity contribution in [1.82, 2.24) is 4.90 Å². The quantitative estimate of drug-likeness (QED) is 0.924. The number of aliphatic carboxylic acids is 1. The Kier molecular flexibility index (Phi) is 4.29. The highest BCUT2D eigenvalue weighted by molar-refractivity contribution is 7.10. The van der Waals surface area contributed by atoms with Crippen LogP contribution < -0.4 is 0 Å². The fourth-order valence-corrected chi connectivity index (χ4v) is 4.08. The molecular formula is C16H16ClNO2S. The second kappa shape index (κ2) is 6.18. The van der Waals surface area contributed by atoms with Crippen LogP contribution in [0.5, 0.6) is 0 Å². The lowest BCUT2D eigenvalue weighted by atomic mass is 10.0. The van der Waals surface area contributed by atoms with E-state index in [0.717, 1.165) is 23.4 Å². The van der Waals surface area contributed by atoms with Gasteiger partial charge in [-0.2, -0.15) is 0 Å². The smallest absolute Gasteiger partial charge is 0.320 e. The summed E-state index contributed by atoms with van der Waals surface area (Å²) in [5, 5.41) is 12.2. The van der Waals surface area contributed by atoms with Crippen molar-refractivity contribution < 1.29 is 9.90 Å². The number of hydrogen-bond donors (Lipinski definition) is 1. The number of carboxylic acids is 1. The van der Waals surface area contributed by atoms with Gasteiger partial charge in [0.15, 0.2) is 0 Å². The fraction of sp³-hybridized carbons (Fsp3) is 0.312. The Morgan fingerprint density at radius 1 is 1.38 bits per heavy atom. The van der Waals surface area contributed by atoms with E-state index in [-0.39, 0.29) is 6.04 Å². The minimum atomic E-state index is -0.740. The molecule has 1 saturated heterocycles. The van der Waals surface area contributed by atoms with E-state index in [1.54, 1.807) is 11.3 Å². The lowest BCUT2D eigenvalue weighted by Crippen LogP contribution is -2.38. The molecule has 1 N–H and O–H groups in total. The van der Waals surface area contributed by atoms with Crippen molar-refractivity contribution >= 4 is 28.9 Å². The summed E-state index contributed by atoms with van der Waals surface area (Å²) < 4.78 is 0. The number of carbonyl (C=O) groups is 1. The number of rotatable bonds is 4. The molecule has 1 aromatic heterocycles. The van der Waals surface area contributed by atoms with Gasteiger partial charge >= 0.3 is 5.97 Å². The van der Waals surface area contributed by atoms with Gasteiger partial charge in [0.2, 0.25) is 0 Å². The molecule has 2 heterocycles. The lowest BCUT2D eigenvalue weighted by Gasteiger charge is -2.31. The number of hydrogen-bond acceptors (Lipinski definition) is 3. The maximum absolute atomic E-state index is 11.5. The first-order valence-corrected chi connectivity index (χ1v) is 8.20. The Morgan fingerprint density at radius 2 is 2.24 bits per heavy atom. The third kappa shape index (κ3) is 2.98. The third-order valence-corrected chi connectivity index (χ3v) is 5.05. The molecule has 2 atom stereocenters. The van der Waals surface area contributed by atoms with Crippen LogP contribution in [-0.2, 0) is 4.79 Å². The van der Waals surface area contributed by atoms with Crippen molar-refractivity contribution in [1.29, 1.82) is 0 Å². The van der Waals surface area contributed by atoms with Gasteiger partial charge in [0, 0.05) is 16.4 Å². The second-order valence-corrected chi connectivity index (χ2v) is 6.62. The van der Waals surface area contributed by atoms with E-state index in [1.165, 1.54) is 0 Å². The Bertz CT molecular complexity index is 629. The summed E-state index contributed by atoms with van der Waals surface area (Å²) >= 11 is 7.78. The van der Waals surface area contributed by atoms with E-state index in [9.17, 15) is 9.90 Å². The molecule has 0 radical (unpaired) electrons. The normalized spacial score (nSPS) is 20.5. The minimum Gasteiger partial charge on any atom is -0.480 e. The van der Waals surface area contributed by atoms with E-state index in [2.05, 4.69) is 11.0 Å². The number of likely N-dealkylation sites (tertiary alicyclic amines) is 1. The summed E-state index contributed by atoms with van der Waals surface area (Å²) in [4.78, 5) is 14.8. The van der Waals surface area contributed by atoms with Crippen LogP contribution >= 0.6 is 22.9 Å². The summed E-state index contributed by atoms with van der Waals surface area (Å²) in [7, 11) is 0. The van der Waals surface area contributed by atoms with Gasteiger partial charge in [0.1, 0.15) is 6.04 Å². The molecule has 0 aliphatic carbocycles. The van der Waals surface area contributed by atoms with Crippen molar-refractivity contribution in [2.24, 2.45) is 0 Å². The molecule has 2 unspecified atom stereocenters. The van der Waals surface area contributed by atoms with Gasteiger partial charge in [-0.3, -0.25) is 9.69 Å². The zero-order valence-electron chi connectivity index (χ0n) is 11.4. The van der Waals surface area contributed by atoms with Gasteiger partial charge in [0.25, 0.3) is 0 Å². The molecule has 3 rings (SSSR count). The van der Waals surface area contributed by atoms with Gasteiger partial charge < -0.3 is 5.11 Å². The minimum absolute atomic E-state index is 0.0349. The van der Waals surface area contributed by atoms with Crippen LogP contribution in [0, 0.1) is 0 Å². The Balaban J connectivity index is 2.03. The zero-order chi connectivity index (χ0) is 14.8. The maximum Gasteiger partial charge on any atom is 0.320 e. The first kappa shape index (κ1) is 14.6. The first-order chi connectivity index (χ1) is 10.2. The van der Waals surface area contributed by atoms with Crippen molar-refractivity contribution in [2.75, 3.05) is 6.54 Å². The van der Waals surface area contributed by atoms with Gasteiger partial charge in [-0.25, -0.2) is 0 Å². The molecule has 1 aliphatic rings. The number of benzene rings is 1. The Labute approximate surface area is 132 Å². The van der Waals surface area contributed by atoms with Crippen LogP contribution in [0.15, 0.2) is 41.8 Å². The van der Waals surface area contributed by atoms with E-state index < -0.39 is 12.0 Å². The maximum atomic E-state index is 11.5. The molecule has 21 heavy (non-hydrogen) atoms. The lowest BCUT2D eigenvalue weighted by molar-refractivity contribution is -0.142. The predicted molar refractivity (Wildman–Crippen MR) is 85.0 cm³/mol. The molecule has 5 heteroatoms. The number of halogens is 1. The van der Waals surface area contributed by atoms with Crippen molar-refractivity contribution in [3.05, 3.63) is 57.2 Å². The number of carboxylic acid groups (broad SMARTS) is 1. The monoisotopic (exact) mass is 321 g/mol. The summed E-state index contributed by atoms with van der Waals surface area (Å²) in [6.07, 6.45) is 1.62. The predicted octanol–water partition coefficient (Wildman–Crippen LogP) is 4.04. The molecule has 1 aromatic carbocycles. The first-order valence-electron chi connectivity index (χ1n) is 6.94. The van der Waals surface area contributed by atoms with E-state index in [1.807, 2.05) is 35.7 Å². The van der Waals surface area contributed by atoms with Crippen LogP contribution in [0.1, 0.15) is 29.3 Å². The number of nitrogens with zero attached hydrogens (tertiary/aromatic N) is 1. The van der Waals surface area contributed by atoms with E-state index >= 15 is 0 Å². The van der Waals surface area contributed by atoms with E-state index in [4.69, 9.17) is 11.6 Å². The Hall–Kier alpha value is -1.36. The van der Waals surface area contributed by atoms with Crippen LogP contribution in [-0.4, -0.2) is 28.6 Å². The zero-order valence-corrected chi connectivity index (χ0v) is 13.0. The molecule has 1 fully saturated rings. The van der Waals surface area contributed by atoms with Crippen LogP contribution in [0.2, 0.25) is 5.02 Å². The van der Waals surface area contributed by atoms with Crippen LogP contribution in [0.4, 0.5) is 0 Å². The molecule has 2 aromatic rings. The largest absolute Gasteiger partial charge is 0.480 e. The SMILES string of the molecule is O=C(O)C1CCCN1C(c1cccc(Cl)c1)c1cccs1. The summed E-state index contributed by atoms with van der Waals surface area (Å²) in [6.45, 7) is 0.798. The highest BCUT2D eigenvalue weighted by Crippen LogP contribution is 2.37. The molecule has 0 spiro atoms. The molecule has 1 aliphatic heterocycles. The topological polar surface area (TPSA) is 40.5 Å².